The summed E-state index contributed by atoms with van der Waals surface area (Å²) in [4.78, 5) is 8.82. The summed E-state index contributed by atoms with van der Waals surface area (Å²) in [6.07, 6.45) is 1.98. The van der Waals surface area contributed by atoms with Crippen molar-refractivity contribution in [3.63, 3.8) is 0 Å². The van der Waals surface area contributed by atoms with Crippen LogP contribution in [-0.2, 0) is 0 Å². The number of nitrogens with one attached hydrogen (secondary N) is 1. The summed E-state index contributed by atoms with van der Waals surface area (Å²) in [6.45, 7) is 0. The molecule has 0 saturated heterocycles. The molecule has 0 amide bonds. The van der Waals surface area contributed by atoms with Crippen molar-refractivity contribution in [2.45, 2.75) is 0 Å². The van der Waals surface area contributed by atoms with Crippen molar-refractivity contribution < 1.29 is 0 Å². The Morgan fingerprint density at radius 3 is 1.92 bits per heavy atom. The second-order valence-corrected chi connectivity index (χ2v) is 14.6. The molecule has 3 nitrogen and oxygen atoms in total. The Bertz CT molecular complexity index is 3400. The molecule has 0 aliphatic heterocycles. The van der Waals surface area contributed by atoms with Crippen LogP contribution in [0.3, 0.4) is 0 Å². The lowest BCUT2D eigenvalue weighted by atomic mass is 9.93. The average Bonchev–Trinajstić information content (AvgIpc) is 3.87. The van der Waals surface area contributed by atoms with E-state index in [1.165, 1.54) is 90.6 Å². The Balaban J connectivity index is 1.10. The molecule has 0 atom stereocenters. The van der Waals surface area contributed by atoms with Gasteiger partial charge in [0.15, 0.2) is 0 Å². The predicted molar refractivity (Wildman–Crippen MR) is 219 cm³/mol. The number of rotatable bonds is 2. The quantitative estimate of drug-likeness (QED) is 0.183. The van der Waals surface area contributed by atoms with Crippen LogP contribution in [0.15, 0.2) is 158 Å². The Hall–Kier alpha value is -6.49. The van der Waals surface area contributed by atoms with Crippen molar-refractivity contribution >= 4 is 107 Å². The highest BCUT2D eigenvalue weighted by Gasteiger charge is 2.19. The standard InChI is InChI=1S/C47H27N3S/c1-2-11-31-29(9-1)30-10-3-4-12-32(30)39-25-27(17-19-33(31)39)44-47-38(23-24-48-44)40-26-28(18-22-43(40)51-47)50-42-16-8-6-14-35(42)37-21-20-36-34-13-5-7-15-41(34)49-45(36)46(37)50/h1-26,49H. The molecular formula is C47H27N3S. The van der Waals surface area contributed by atoms with Crippen molar-refractivity contribution in [2.75, 3.05) is 0 Å². The molecule has 0 fully saturated rings. The van der Waals surface area contributed by atoms with Crippen LogP contribution in [-0.4, -0.2) is 14.5 Å². The van der Waals surface area contributed by atoms with Gasteiger partial charge in [0, 0.05) is 60.0 Å². The molecule has 0 spiro atoms. The minimum Gasteiger partial charge on any atom is -0.353 e. The Morgan fingerprint density at radius 2 is 1.12 bits per heavy atom. The first-order valence-electron chi connectivity index (χ1n) is 17.4. The molecule has 0 unspecified atom stereocenters. The summed E-state index contributed by atoms with van der Waals surface area (Å²) < 4.78 is 4.93. The first-order chi connectivity index (χ1) is 25.3. The van der Waals surface area contributed by atoms with Crippen LogP contribution < -0.4 is 0 Å². The van der Waals surface area contributed by atoms with Crippen LogP contribution in [0.1, 0.15) is 0 Å². The highest BCUT2D eigenvalue weighted by molar-refractivity contribution is 7.26. The van der Waals surface area contributed by atoms with E-state index in [0.29, 0.717) is 0 Å². The lowest BCUT2D eigenvalue weighted by Crippen LogP contribution is -1.94. The lowest BCUT2D eigenvalue weighted by Gasteiger charge is -2.12. The topological polar surface area (TPSA) is 33.6 Å². The molecule has 1 N–H and O–H groups in total. The third-order valence-corrected chi connectivity index (χ3v) is 12.2. The van der Waals surface area contributed by atoms with Gasteiger partial charge in [-0.3, -0.25) is 4.98 Å². The van der Waals surface area contributed by atoms with Crippen LogP contribution in [0, 0.1) is 0 Å². The SMILES string of the molecule is c1ccc2c(c1)[nH]c1c2ccc2c3ccccc3n(-c3ccc4sc5c(-c6ccc7c8ccccc8c8ccccc8c7c6)nccc5c4c3)c21. The third kappa shape index (κ3) is 3.69. The third-order valence-electron chi connectivity index (χ3n) is 11.0. The second-order valence-electron chi connectivity index (χ2n) is 13.6. The summed E-state index contributed by atoms with van der Waals surface area (Å²) in [7, 11) is 0. The number of nitrogens with zero attached hydrogens (tertiary/aromatic N) is 2. The van der Waals surface area contributed by atoms with E-state index in [2.05, 4.69) is 161 Å². The van der Waals surface area contributed by atoms with Gasteiger partial charge in [-0.05, 0) is 74.8 Å². The summed E-state index contributed by atoms with van der Waals surface area (Å²) in [5.41, 5.74) is 8.07. The van der Waals surface area contributed by atoms with Crippen molar-refractivity contribution in [3.05, 3.63) is 158 Å². The number of pyridine rings is 1. The van der Waals surface area contributed by atoms with Crippen molar-refractivity contribution in [1.82, 2.24) is 14.5 Å². The van der Waals surface area contributed by atoms with Crippen LogP contribution in [0.5, 0.6) is 0 Å². The maximum Gasteiger partial charge on any atom is 0.0880 e. The molecule has 12 aromatic rings. The maximum atomic E-state index is 5.03. The predicted octanol–water partition coefficient (Wildman–Crippen LogP) is 13.3. The normalized spacial score (nSPS) is 12.3. The molecule has 0 radical (unpaired) electrons. The Kier molecular flexibility index (Phi) is 5.38. The fraction of sp³-hybridized carbons (Fsp3) is 0. The number of para-hydroxylation sites is 2. The molecule has 0 saturated carbocycles. The van der Waals surface area contributed by atoms with Crippen LogP contribution >= 0.6 is 11.3 Å². The number of H-pyrrole nitrogens is 1. The van der Waals surface area contributed by atoms with Crippen LogP contribution in [0.4, 0.5) is 0 Å². The molecule has 4 heteroatoms. The fourth-order valence-electron chi connectivity index (χ4n) is 8.73. The number of hydrogen-bond acceptors (Lipinski definition) is 2. The van der Waals surface area contributed by atoms with Gasteiger partial charge in [-0.1, -0.05) is 109 Å². The number of fused-ring (bicyclic) bond motifs is 16. The molecule has 51 heavy (non-hydrogen) atoms. The van der Waals surface area contributed by atoms with Crippen molar-refractivity contribution in [1.29, 1.82) is 0 Å². The molecular weight excluding hydrogens is 639 g/mol. The lowest BCUT2D eigenvalue weighted by molar-refractivity contribution is 1.19. The fourth-order valence-corrected chi connectivity index (χ4v) is 9.92. The molecule has 0 bridgehead atoms. The van der Waals surface area contributed by atoms with Crippen molar-refractivity contribution in [3.8, 4) is 16.9 Å². The summed E-state index contributed by atoms with van der Waals surface area (Å²) in [5, 5.41) is 15.2. The van der Waals surface area contributed by atoms with Gasteiger partial charge in [-0.25, -0.2) is 0 Å². The Labute approximate surface area is 295 Å². The highest BCUT2D eigenvalue weighted by atomic mass is 32.1. The number of aromatic nitrogens is 3. The van der Waals surface area contributed by atoms with Gasteiger partial charge in [0.05, 0.1) is 26.9 Å². The maximum absolute atomic E-state index is 5.03. The number of aromatic amines is 1. The summed E-state index contributed by atoms with van der Waals surface area (Å²) in [6, 6.07) is 55.5. The van der Waals surface area contributed by atoms with Gasteiger partial charge in [-0.2, -0.15) is 0 Å². The average molecular weight is 666 g/mol. The van der Waals surface area contributed by atoms with E-state index in [9.17, 15) is 0 Å². The molecule has 4 heterocycles. The van der Waals surface area contributed by atoms with E-state index in [1.807, 2.05) is 17.5 Å². The van der Waals surface area contributed by atoms with E-state index in [1.54, 1.807) is 0 Å². The molecule has 4 aromatic heterocycles. The van der Waals surface area contributed by atoms with Gasteiger partial charge in [0.2, 0.25) is 0 Å². The second kappa shape index (κ2) is 10.0. The first-order valence-corrected chi connectivity index (χ1v) is 18.2. The molecule has 12 rings (SSSR count). The van der Waals surface area contributed by atoms with Crippen LogP contribution in [0.25, 0.3) is 113 Å². The molecule has 0 aliphatic rings. The number of hydrogen-bond donors (Lipinski definition) is 1. The monoisotopic (exact) mass is 665 g/mol. The molecule has 236 valence electrons. The van der Waals surface area contributed by atoms with Gasteiger partial charge in [0.25, 0.3) is 0 Å². The van der Waals surface area contributed by atoms with E-state index < -0.39 is 0 Å². The molecule has 0 aliphatic carbocycles. The Morgan fingerprint density at radius 1 is 0.471 bits per heavy atom. The van der Waals surface area contributed by atoms with Gasteiger partial charge < -0.3 is 9.55 Å². The zero-order valence-corrected chi connectivity index (χ0v) is 28.1. The van der Waals surface area contributed by atoms with Gasteiger partial charge in [0.1, 0.15) is 0 Å². The van der Waals surface area contributed by atoms with Gasteiger partial charge in [-0.15, -0.1) is 11.3 Å². The summed E-state index contributed by atoms with van der Waals surface area (Å²) in [5.74, 6) is 0. The smallest absolute Gasteiger partial charge is 0.0880 e. The van der Waals surface area contributed by atoms with Gasteiger partial charge >= 0.3 is 0 Å². The minimum absolute atomic E-state index is 1.03. The van der Waals surface area contributed by atoms with Crippen molar-refractivity contribution in [2.24, 2.45) is 0 Å². The van der Waals surface area contributed by atoms with Crippen LogP contribution in [0.2, 0.25) is 0 Å². The minimum atomic E-state index is 1.03. The largest absolute Gasteiger partial charge is 0.353 e. The van der Waals surface area contributed by atoms with E-state index >= 15 is 0 Å². The first kappa shape index (κ1) is 27.3. The summed E-state index contributed by atoms with van der Waals surface area (Å²) >= 11 is 1.84. The highest BCUT2D eigenvalue weighted by Crippen LogP contribution is 2.44. The van der Waals surface area contributed by atoms with E-state index in [4.69, 9.17) is 4.98 Å². The zero-order chi connectivity index (χ0) is 33.2. The zero-order valence-electron chi connectivity index (χ0n) is 27.3. The van der Waals surface area contributed by atoms with E-state index in [-0.39, 0.29) is 0 Å². The number of benzene rings is 8. The van der Waals surface area contributed by atoms with E-state index in [0.717, 1.165) is 22.5 Å². The molecule has 8 aromatic carbocycles. The number of thiophene rings is 1.